The maximum atomic E-state index is 14.0. The monoisotopic (exact) mass is 463 g/mol. The molecule has 0 bridgehead atoms. The highest BCUT2D eigenvalue weighted by Crippen LogP contribution is 2.35. The summed E-state index contributed by atoms with van der Waals surface area (Å²) in [6.45, 7) is 0.0584. The quantitative estimate of drug-likeness (QED) is 0.306. The number of benzene rings is 1. The number of nitrogens with zero attached hydrogens (tertiary/aromatic N) is 1. The number of carbonyl (C=O) groups is 1. The lowest BCUT2D eigenvalue weighted by atomic mass is 10.1. The first kappa shape index (κ1) is 24.0. The van der Waals surface area contributed by atoms with Gasteiger partial charge in [-0.2, -0.15) is 0 Å². The fourth-order valence-electron chi connectivity index (χ4n) is 3.10. The van der Waals surface area contributed by atoms with E-state index in [9.17, 15) is 13.6 Å². The van der Waals surface area contributed by atoms with Crippen LogP contribution in [0.1, 0.15) is 25.7 Å². The summed E-state index contributed by atoms with van der Waals surface area (Å²) in [6.07, 6.45) is 3.17. The first-order chi connectivity index (χ1) is 15.4. The van der Waals surface area contributed by atoms with E-state index in [4.69, 9.17) is 20.9 Å². The number of pyridine rings is 1. The number of alkyl halides is 2. The Hall–Kier alpha value is -2.62. The molecule has 1 unspecified atom stereocenters. The van der Waals surface area contributed by atoms with Gasteiger partial charge < -0.3 is 20.9 Å². The Morgan fingerprint density at radius 2 is 1.94 bits per heavy atom. The van der Waals surface area contributed by atoms with Gasteiger partial charge in [0.15, 0.2) is 0 Å². The number of fused-ring (bicyclic) bond motifs is 1. The molecule has 32 heavy (non-hydrogen) atoms. The predicted molar refractivity (Wildman–Crippen MR) is 122 cm³/mol. The standard InChI is InChI=1S/C23H27F2N3O3S/c24-23(25,8-3-11-31-22(29)19(27)14-26)7-2-10-30-18-6-5-16-12-20(32-21(16)13-18)17-4-1-9-28-15-17/h1,4-6,9,12-13,15,19H,2-3,7-8,10-11,14,26-27H2. The molecule has 0 amide bonds. The molecule has 0 aliphatic heterocycles. The summed E-state index contributed by atoms with van der Waals surface area (Å²) in [6, 6.07) is 10.8. The van der Waals surface area contributed by atoms with E-state index in [0.29, 0.717) is 5.75 Å². The summed E-state index contributed by atoms with van der Waals surface area (Å²) < 4.78 is 39.6. The van der Waals surface area contributed by atoms with Crippen LogP contribution in [0, 0.1) is 0 Å². The fraction of sp³-hybridized carbons (Fsp3) is 0.391. The van der Waals surface area contributed by atoms with Crippen LogP contribution in [0.4, 0.5) is 8.78 Å². The SMILES string of the molecule is NCC(N)C(=O)OCCCC(F)(F)CCCOc1ccc2cc(-c3cccnc3)sc2c1. The summed E-state index contributed by atoms with van der Waals surface area (Å²) in [7, 11) is 0. The van der Waals surface area contributed by atoms with Crippen LogP contribution < -0.4 is 16.2 Å². The van der Waals surface area contributed by atoms with E-state index < -0.39 is 17.9 Å². The molecule has 9 heteroatoms. The molecule has 0 fully saturated rings. The molecular formula is C23H27F2N3O3S. The highest BCUT2D eigenvalue weighted by molar-refractivity contribution is 7.22. The molecule has 0 saturated heterocycles. The molecular weight excluding hydrogens is 436 g/mol. The number of ether oxygens (including phenoxy) is 2. The molecule has 172 valence electrons. The molecule has 0 saturated carbocycles. The smallest absolute Gasteiger partial charge is 0.324 e. The largest absolute Gasteiger partial charge is 0.494 e. The Labute approximate surface area is 189 Å². The summed E-state index contributed by atoms with van der Waals surface area (Å²) in [5, 5.41) is 1.10. The van der Waals surface area contributed by atoms with Crippen LogP contribution in [-0.4, -0.2) is 42.7 Å². The lowest BCUT2D eigenvalue weighted by molar-refractivity contribution is -0.145. The molecule has 6 nitrogen and oxygen atoms in total. The third-order valence-electron chi connectivity index (χ3n) is 4.88. The highest BCUT2D eigenvalue weighted by atomic mass is 32.1. The van der Waals surface area contributed by atoms with Crippen LogP contribution in [0.25, 0.3) is 20.5 Å². The maximum Gasteiger partial charge on any atom is 0.324 e. The number of thiophene rings is 1. The minimum Gasteiger partial charge on any atom is -0.494 e. The second-order valence-corrected chi connectivity index (χ2v) is 8.56. The second-order valence-electron chi connectivity index (χ2n) is 7.47. The van der Waals surface area contributed by atoms with E-state index in [-0.39, 0.29) is 45.4 Å². The van der Waals surface area contributed by atoms with Crippen molar-refractivity contribution in [1.82, 2.24) is 4.98 Å². The van der Waals surface area contributed by atoms with Crippen molar-refractivity contribution >= 4 is 27.4 Å². The van der Waals surface area contributed by atoms with Crippen molar-refractivity contribution in [3.63, 3.8) is 0 Å². The highest BCUT2D eigenvalue weighted by Gasteiger charge is 2.28. The van der Waals surface area contributed by atoms with Gasteiger partial charge in [-0.25, -0.2) is 8.78 Å². The van der Waals surface area contributed by atoms with Gasteiger partial charge in [-0.15, -0.1) is 11.3 Å². The van der Waals surface area contributed by atoms with Crippen molar-refractivity contribution in [1.29, 1.82) is 0 Å². The number of hydrogen-bond acceptors (Lipinski definition) is 7. The van der Waals surface area contributed by atoms with Crippen LogP contribution >= 0.6 is 11.3 Å². The van der Waals surface area contributed by atoms with Gasteiger partial charge in [0.1, 0.15) is 11.8 Å². The Balaban J connectivity index is 1.41. The molecule has 4 N–H and O–H groups in total. The second kappa shape index (κ2) is 11.3. The van der Waals surface area contributed by atoms with Gasteiger partial charge in [-0.3, -0.25) is 9.78 Å². The van der Waals surface area contributed by atoms with Crippen LogP contribution in [0.15, 0.2) is 48.8 Å². The van der Waals surface area contributed by atoms with Crippen LogP contribution in [-0.2, 0) is 9.53 Å². The minimum absolute atomic E-state index is 0.0416. The number of nitrogens with two attached hydrogens (primary N) is 2. The minimum atomic E-state index is -2.85. The molecule has 2 heterocycles. The Morgan fingerprint density at radius 3 is 2.66 bits per heavy atom. The van der Waals surface area contributed by atoms with Crippen LogP contribution in [0.2, 0.25) is 0 Å². The molecule has 1 atom stereocenters. The third-order valence-corrected chi connectivity index (χ3v) is 6.03. The van der Waals surface area contributed by atoms with E-state index in [2.05, 4.69) is 11.1 Å². The summed E-state index contributed by atoms with van der Waals surface area (Å²) in [5.74, 6) is -2.86. The zero-order valence-corrected chi connectivity index (χ0v) is 18.5. The van der Waals surface area contributed by atoms with E-state index >= 15 is 0 Å². The average molecular weight is 464 g/mol. The van der Waals surface area contributed by atoms with E-state index in [1.165, 1.54) is 0 Å². The number of aromatic nitrogens is 1. The van der Waals surface area contributed by atoms with E-state index in [0.717, 1.165) is 20.5 Å². The van der Waals surface area contributed by atoms with Crippen molar-refractivity contribution in [2.75, 3.05) is 19.8 Å². The molecule has 0 spiro atoms. The molecule has 2 aromatic heterocycles. The average Bonchev–Trinajstić information content (AvgIpc) is 3.23. The molecule has 1 aromatic carbocycles. The van der Waals surface area contributed by atoms with E-state index in [1.807, 2.05) is 36.5 Å². The van der Waals surface area contributed by atoms with Crippen molar-refractivity contribution in [3.8, 4) is 16.2 Å². The lowest BCUT2D eigenvalue weighted by Gasteiger charge is -2.17. The third kappa shape index (κ3) is 6.94. The van der Waals surface area contributed by atoms with Crippen LogP contribution in [0.5, 0.6) is 5.75 Å². The van der Waals surface area contributed by atoms with Gasteiger partial charge in [0.2, 0.25) is 5.92 Å². The van der Waals surface area contributed by atoms with Crippen molar-refractivity contribution in [3.05, 3.63) is 48.8 Å². The molecule has 3 aromatic rings. The van der Waals surface area contributed by atoms with E-state index in [1.54, 1.807) is 17.5 Å². The summed E-state index contributed by atoms with van der Waals surface area (Å²) in [5.41, 5.74) is 11.7. The maximum absolute atomic E-state index is 14.0. The normalized spacial score (nSPS) is 12.6. The lowest BCUT2D eigenvalue weighted by Crippen LogP contribution is -2.39. The first-order valence-corrected chi connectivity index (χ1v) is 11.3. The number of esters is 1. The molecule has 0 radical (unpaired) electrons. The van der Waals surface area contributed by atoms with Gasteiger partial charge in [0.25, 0.3) is 0 Å². The zero-order chi connectivity index (χ0) is 23.0. The fourth-order valence-corrected chi connectivity index (χ4v) is 4.19. The predicted octanol–water partition coefficient (Wildman–Crippen LogP) is 4.37. The summed E-state index contributed by atoms with van der Waals surface area (Å²) in [4.78, 5) is 16.6. The van der Waals surface area contributed by atoms with Gasteiger partial charge in [0.05, 0.1) is 13.2 Å². The Bertz CT molecular complexity index is 1010. The molecule has 0 aliphatic carbocycles. The van der Waals surface area contributed by atoms with Crippen LogP contribution in [0.3, 0.4) is 0 Å². The Morgan fingerprint density at radius 1 is 1.16 bits per heavy atom. The number of halogens is 2. The van der Waals surface area contributed by atoms with Gasteiger partial charge >= 0.3 is 5.97 Å². The molecule has 3 rings (SSSR count). The Kier molecular flexibility index (Phi) is 8.49. The topological polar surface area (TPSA) is 100 Å². The first-order valence-electron chi connectivity index (χ1n) is 10.4. The van der Waals surface area contributed by atoms with Crippen molar-refractivity contribution in [2.45, 2.75) is 37.6 Å². The summed E-state index contributed by atoms with van der Waals surface area (Å²) >= 11 is 1.63. The molecule has 0 aliphatic rings. The van der Waals surface area contributed by atoms with Crippen molar-refractivity contribution < 1.29 is 23.0 Å². The zero-order valence-electron chi connectivity index (χ0n) is 17.6. The van der Waals surface area contributed by atoms with Gasteiger partial charge in [-0.1, -0.05) is 6.07 Å². The number of hydrogen-bond donors (Lipinski definition) is 2. The number of carbonyl (C=O) groups excluding carboxylic acids is 1. The van der Waals surface area contributed by atoms with Gasteiger partial charge in [0, 0.05) is 46.9 Å². The van der Waals surface area contributed by atoms with Gasteiger partial charge in [-0.05, 0) is 48.6 Å². The van der Waals surface area contributed by atoms with Crippen molar-refractivity contribution in [2.24, 2.45) is 11.5 Å². The number of rotatable bonds is 12.